The van der Waals surface area contributed by atoms with Gasteiger partial charge in [-0.15, -0.1) is 0 Å². The van der Waals surface area contributed by atoms with Gasteiger partial charge in [-0.2, -0.15) is 0 Å². The van der Waals surface area contributed by atoms with Crippen molar-refractivity contribution >= 4 is 16.7 Å². The molecule has 0 rings (SSSR count). The van der Waals surface area contributed by atoms with Crippen LogP contribution in [0.5, 0.6) is 0 Å². The number of rotatable bonds is 6. The molecule has 0 saturated heterocycles. The minimum absolute atomic E-state index is 0.0468. The smallest absolute Gasteiger partial charge is 0.235 e. The number of hydrogen-bond acceptors (Lipinski definition) is 3. The Morgan fingerprint density at radius 2 is 1.76 bits per heavy atom. The standard InChI is InChI=1S/C12H26N2O2S/c1-6-14(7-2)11(15)9-17(16)8-10(13)12(3,4)5/h10H,6-9,13H2,1-5H3. The van der Waals surface area contributed by atoms with Gasteiger partial charge in [0.25, 0.3) is 0 Å². The zero-order valence-corrected chi connectivity index (χ0v) is 12.5. The lowest BCUT2D eigenvalue weighted by molar-refractivity contribution is -0.128. The van der Waals surface area contributed by atoms with Gasteiger partial charge in [-0.3, -0.25) is 9.00 Å². The third-order valence-electron chi connectivity index (χ3n) is 2.88. The van der Waals surface area contributed by atoms with Gasteiger partial charge in [0.15, 0.2) is 0 Å². The summed E-state index contributed by atoms with van der Waals surface area (Å²) >= 11 is 0. The largest absolute Gasteiger partial charge is 0.342 e. The molecule has 0 bridgehead atoms. The molecule has 0 radical (unpaired) electrons. The van der Waals surface area contributed by atoms with Crippen molar-refractivity contribution in [3.8, 4) is 0 Å². The van der Waals surface area contributed by atoms with Gasteiger partial charge in [0, 0.05) is 35.7 Å². The van der Waals surface area contributed by atoms with Gasteiger partial charge in [0.1, 0.15) is 5.75 Å². The van der Waals surface area contributed by atoms with E-state index in [0.717, 1.165) is 0 Å². The Hall–Kier alpha value is -0.420. The molecule has 0 aromatic carbocycles. The van der Waals surface area contributed by atoms with Crippen LogP contribution in [0, 0.1) is 5.41 Å². The molecular weight excluding hydrogens is 236 g/mol. The molecule has 2 unspecified atom stereocenters. The first-order valence-corrected chi connectivity index (χ1v) is 7.59. The molecule has 102 valence electrons. The second kappa shape index (κ2) is 7.11. The highest BCUT2D eigenvalue weighted by molar-refractivity contribution is 7.85. The van der Waals surface area contributed by atoms with Gasteiger partial charge in [0.2, 0.25) is 5.91 Å². The molecule has 2 N–H and O–H groups in total. The second-order valence-corrected chi connectivity index (χ2v) is 6.79. The van der Waals surface area contributed by atoms with E-state index in [1.165, 1.54) is 0 Å². The average molecular weight is 262 g/mol. The Bertz CT molecular complexity index is 270. The van der Waals surface area contributed by atoms with E-state index in [1.807, 2.05) is 34.6 Å². The van der Waals surface area contributed by atoms with Crippen LogP contribution in [0.25, 0.3) is 0 Å². The van der Waals surface area contributed by atoms with Gasteiger partial charge >= 0.3 is 0 Å². The Morgan fingerprint density at radius 3 is 2.12 bits per heavy atom. The quantitative estimate of drug-likeness (QED) is 0.776. The van der Waals surface area contributed by atoms with E-state index in [9.17, 15) is 9.00 Å². The predicted octanol–water partition coefficient (Wildman–Crippen LogP) is 0.977. The number of carbonyl (C=O) groups excluding carboxylic acids is 1. The number of nitrogens with zero attached hydrogens (tertiary/aromatic N) is 1. The van der Waals surface area contributed by atoms with E-state index < -0.39 is 10.8 Å². The van der Waals surface area contributed by atoms with Crippen molar-refractivity contribution in [2.75, 3.05) is 24.6 Å². The van der Waals surface area contributed by atoms with Crippen molar-refractivity contribution in [3.05, 3.63) is 0 Å². The molecule has 17 heavy (non-hydrogen) atoms. The molecule has 5 heteroatoms. The summed E-state index contributed by atoms with van der Waals surface area (Å²) in [5, 5.41) is 0. The fourth-order valence-electron chi connectivity index (χ4n) is 1.31. The zero-order valence-electron chi connectivity index (χ0n) is 11.7. The second-order valence-electron chi connectivity index (χ2n) is 5.29. The highest BCUT2D eigenvalue weighted by Gasteiger charge is 2.24. The summed E-state index contributed by atoms with van der Waals surface area (Å²) in [7, 11) is -1.17. The maximum Gasteiger partial charge on any atom is 0.235 e. The van der Waals surface area contributed by atoms with Crippen LogP contribution in [0.1, 0.15) is 34.6 Å². The zero-order chi connectivity index (χ0) is 13.6. The van der Waals surface area contributed by atoms with Crippen LogP contribution in [0.15, 0.2) is 0 Å². The van der Waals surface area contributed by atoms with Crippen LogP contribution < -0.4 is 5.73 Å². The summed E-state index contributed by atoms with van der Waals surface area (Å²) in [5.41, 5.74) is 5.88. The van der Waals surface area contributed by atoms with Crippen LogP contribution in [0.4, 0.5) is 0 Å². The lowest BCUT2D eigenvalue weighted by Crippen LogP contribution is -2.42. The van der Waals surface area contributed by atoms with Crippen LogP contribution in [0.2, 0.25) is 0 Å². The van der Waals surface area contributed by atoms with Gasteiger partial charge in [0.05, 0.1) is 0 Å². The topological polar surface area (TPSA) is 63.4 Å². The molecule has 4 nitrogen and oxygen atoms in total. The summed E-state index contributed by atoms with van der Waals surface area (Å²) < 4.78 is 11.8. The van der Waals surface area contributed by atoms with Gasteiger partial charge in [-0.25, -0.2) is 0 Å². The Balaban J connectivity index is 4.24. The molecule has 0 fully saturated rings. The molecule has 1 amide bonds. The van der Waals surface area contributed by atoms with Crippen molar-refractivity contribution in [1.82, 2.24) is 4.90 Å². The lowest BCUT2D eigenvalue weighted by Gasteiger charge is -2.26. The highest BCUT2D eigenvalue weighted by Crippen LogP contribution is 2.17. The molecule has 2 atom stereocenters. The van der Waals surface area contributed by atoms with Gasteiger partial charge < -0.3 is 10.6 Å². The number of carbonyl (C=O) groups is 1. The predicted molar refractivity (Wildman–Crippen MR) is 73.2 cm³/mol. The van der Waals surface area contributed by atoms with E-state index in [1.54, 1.807) is 4.90 Å². The van der Waals surface area contributed by atoms with Crippen LogP contribution in [0.3, 0.4) is 0 Å². The fourth-order valence-corrected chi connectivity index (χ4v) is 2.79. The molecular formula is C12H26N2O2S. The van der Waals surface area contributed by atoms with E-state index >= 15 is 0 Å². The summed E-state index contributed by atoms with van der Waals surface area (Å²) in [5.74, 6) is 0.427. The maximum absolute atomic E-state index is 11.8. The van der Waals surface area contributed by atoms with Crippen LogP contribution in [-0.2, 0) is 15.6 Å². The molecule has 0 spiro atoms. The van der Waals surface area contributed by atoms with Gasteiger partial charge in [-0.05, 0) is 19.3 Å². The molecule has 0 aromatic heterocycles. The minimum atomic E-state index is -1.17. The summed E-state index contributed by atoms with van der Waals surface area (Å²) in [6.45, 7) is 11.2. The van der Waals surface area contributed by atoms with Crippen LogP contribution >= 0.6 is 0 Å². The first kappa shape index (κ1) is 16.6. The van der Waals surface area contributed by atoms with E-state index in [0.29, 0.717) is 18.8 Å². The van der Waals surface area contributed by atoms with Crippen molar-refractivity contribution < 1.29 is 9.00 Å². The number of hydrogen-bond donors (Lipinski definition) is 1. The summed E-state index contributed by atoms with van der Waals surface area (Å²) in [6, 6.07) is -0.146. The Kier molecular flexibility index (Phi) is 6.94. The Labute approximate surface area is 107 Å². The molecule has 0 aliphatic heterocycles. The Morgan fingerprint density at radius 1 is 1.29 bits per heavy atom. The van der Waals surface area contributed by atoms with E-state index in [-0.39, 0.29) is 23.1 Å². The SMILES string of the molecule is CCN(CC)C(=O)CS(=O)CC(N)C(C)(C)C. The van der Waals surface area contributed by atoms with Crippen molar-refractivity contribution in [3.63, 3.8) is 0 Å². The monoisotopic (exact) mass is 262 g/mol. The summed E-state index contributed by atoms with van der Waals surface area (Å²) in [6.07, 6.45) is 0. The summed E-state index contributed by atoms with van der Waals surface area (Å²) in [4.78, 5) is 13.4. The van der Waals surface area contributed by atoms with Gasteiger partial charge in [-0.1, -0.05) is 20.8 Å². The number of nitrogens with two attached hydrogens (primary N) is 1. The minimum Gasteiger partial charge on any atom is -0.342 e. The molecule has 0 heterocycles. The molecule has 0 aliphatic carbocycles. The molecule has 0 aliphatic rings. The van der Waals surface area contributed by atoms with Crippen molar-refractivity contribution in [2.45, 2.75) is 40.7 Å². The normalized spacial score (nSPS) is 15.4. The van der Waals surface area contributed by atoms with Crippen molar-refractivity contribution in [1.29, 1.82) is 0 Å². The molecule has 0 saturated carbocycles. The fraction of sp³-hybridized carbons (Fsp3) is 0.917. The average Bonchev–Trinajstić information content (AvgIpc) is 2.17. The van der Waals surface area contributed by atoms with Crippen molar-refractivity contribution in [2.24, 2.45) is 11.1 Å². The first-order valence-electron chi connectivity index (χ1n) is 6.10. The third-order valence-corrected chi connectivity index (χ3v) is 4.18. The maximum atomic E-state index is 11.8. The molecule has 0 aromatic rings. The number of amides is 1. The van der Waals surface area contributed by atoms with E-state index in [4.69, 9.17) is 5.73 Å². The third kappa shape index (κ3) is 6.17. The highest BCUT2D eigenvalue weighted by atomic mass is 32.2. The lowest BCUT2D eigenvalue weighted by atomic mass is 9.89. The van der Waals surface area contributed by atoms with E-state index in [2.05, 4.69) is 0 Å². The first-order chi connectivity index (χ1) is 7.72. The van der Waals surface area contributed by atoms with Crippen LogP contribution in [-0.4, -0.2) is 45.7 Å².